The molecule has 0 aliphatic carbocycles. The zero-order valence-corrected chi connectivity index (χ0v) is 7.04. The van der Waals surface area contributed by atoms with Gasteiger partial charge in [0.2, 0.25) is 0 Å². The van der Waals surface area contributed by atoms with Crippen LogP contribution in [-0.4, -0.2) is 12.1 Å². The first-order valence-electron chi connectivity index (χ1n) is 3.51. The molecule has 0 amide bonds. The minimum atomic E-state index is -4.83. The standard InChI is InChI=1S/C7H11F5/c1-4(2)5(6(3,8)9)7(10,11)12/h4-5H,1-3H3. The molecule has 0 saturated heterocycles. The van der Waals surface area contributed by atoms with E-state index in [2.05, 4.69) is 0 Å². The molecule has 0 bridgehead atoms. The molecule has 1 atom stereocenters. The average Bonchev–Trinajstić information content (AvgIpc) is 1.49. The second kappa shape index (κ2) is 3.18. The van der Waals surface area contributed by atoms with Gasteiger partial charge in [-0.1, -0.05) is 13.8 Å². The summed E-state index contributed by atoms with van der Waals surface area (Å²) < 4.78 is 60.8. The summed E-state index contributed by atoms with van der Waals surface area (Å²) in [5.74, 6) is -7.36. The zero-order valence-electron chi connectivity index (χ0n) is 7.04. The van der Waals surface area contributed by atoms with Crippen LogP contribution in [0, 0.1) is 11.8 Å². The Morgan fingerprint density at radius 1 is 0.917 bits per heavy atom. The lowest BCUT2D eigenvalue weighted by Gasteiger charge is -2.28. The van der Waals surface area contributed by atoms with Gasteiger partial charge in [-0.05, 0) is 12.8 Å². The van der Waals surface area contributed by atoms with Crippen molar-refractivity contribution in [2.75, 3.05) is 0 Å². The summed E-state index contributed by atoms with van der Waals surface area (Å²) in [5, 5.41) is 0. The van der Waals surface area contributed by atoms with Crippen molar-refractivity contribution in [3.05, 3.63) is 0 Å². The summed E-state index contributed by atoms with van der Waals surface area (Å²) in [6.07, 6.45) is -4.83. The predicted molar refractivity (Wildman–Crippen MR) is 35.0 cm³/mol. The van der Waals surface area contributed by atoms with E-state index < -0.39 is 23.9 Å². The molecule has 0 saturated carbocycles. The van der Waals surface area contributed by atoms with Gasteiger partial charge in [0, 0.05) is 0 Å². The van der Waals surface area contributed by atoms with E-state index in [4.69, 9.17) is 0 Å². The van der Waals surface area contributed by atoms with E-state index in [1.54, 1.807) is 0 Å². The quantitative estimate of drug-likeness (QED) is 0.585. The van der Waals surface area contributed by atoms with Gasteiger partial charge in [-0.15, -0.1) is 0 Å². The summed E-state index contributed by atoms with van der Waals surface area (Å²) in [4.78, 5) is 0. The molecular formula is C7H11F5. The minimum Gasteiger partial charge on any atom is -0.207 e. The predicted octanol–water partition coefficient (Wildman–Crippen LogP) is 3.48. The van der Waals surface area contributed by atoms with Gasteiger partial charge in [-0.2, -0.15) is 13.2 Å². The highest BCUT2D eigenvalue weighted by molar-refractivity contribution is 4.81. The molecule has 0 spiro atoms. The highest BCUT2D eigenvalue weighted by atomic mass is 19.4. The molecule has 0 aliphatic rings. The Morgan fingerprint density at radius 3 is 1.25 bits per heavy atom. The molecule has 1 unspecified atom stereocenters. The Bertz CT molecular complexity index is 127. The maximum atomic E-state index is 12.4. The molecule has 12 heavy (non-hydrogen) atoms. The molecule has 0 heterocycles. The van der Waals surface area contributed by atoms with Crippen LogP contribution >= 0.6 is 0 Å². The molecule has 0 aliphatic heterocycles. The topological polar surface area (TPSA) is 0 Å². The van der Waals surface area contributed by atoms with Crippen molar-refractivity contribution in [1.82, 2.24) is 0 Å². The van der Waals surface area contributed by atoms with Crippen LogP contribution in [0.4, 0.5) is 22.0 Å². The summed E-state index contributed by atoms with van der Waals surface area (Å²) in [6.45, 7) is 2.57. The molecule has 0 rings (SSSR count). The summed E-state index contributed by atoms with van der Waals surface area (Å²) in [6, 6.07) is 0. The van der Waals surface area contributed by atoms with E-state index in [0.717, 1.165) is 13.8 Å². The Morgan fingerprint density at radius 2 is 1.25 bits per heavy atom. The fraction of sp³-hybridized carbons (Fsp3) is 1.00. The molecule has 0 aromatic carbocycles. The molecule has 74 valence electrons. The van der Waals surface area contributed by atoms with Crippen molar-refractivity contribution < 1.29 is 22.0 Å². The van der Waals surface area contributed by atoms with E-state index in [0.29, 0.717) is 6.92 Å². The van der Waals surface area contributed by atoms with E-state index in [9.17, 15) is 22.0 Å². The number of hydrogen-bond acceptors (Lipinski definition) is 0. The van der Waals surface area contributed by atoms with Crippen LogP contribution < -0.4 is 0 Å². The van der Waals surface area contributed by atoms with Gasteiger partial charge in [0.15, 0.2) is 0 Å². The zero-order chi connectivity index (χ0) is 10.2. The molecule has 0 nitrogen and oxygen atoms in total. The van der Waals surface area contributed by atoms with Gasteiger partial charge in [-0.25, -0.2) is 8.78 Å². The lowest BCUT2D eigenvalue weighted by molar-refractivity contribution is -0.247. The van der Waals surface area contributed by atoms with Crippen molar-refractivity contribution in [3.8, 4) is 0 Å². The number of halogens is 5. The monoisotopic (exact) mass is 190 g/mol. The molecule has 0 aromatic rings. The van der Waals surface area contributed by atoms with E-state index in [1.165, 1.54) is 0 Å². The maximum absolute atomic E-state index is 12.4. The van der Waals surface area contributed by atoms with Crippen LogP contribution in [-0.2, 0) is 0 Å². The highest BCUT2D eigenvalue weighted by Crippen LogP contribution is 2.42. The fourth-order valence-corrected chi connectivity index (χ4v) is 1.25. The fourth-order valence-electron chi connectivity index (χ4n) is 1.25. The van der Waals surface area contributed by atoms with Gasteiger partial charge >= 0.3 is 6.18 Å². The first-order valence-corrected chi connectivity index (χ1v) is 3.51. The number of rotatable bonds is 2. The molecule has 0 N–H and O–H groups in total. The molecular weight excluding hydrogens is 179 g/mol. The highest BCUT2D eigenvalue weighted by Gasteiger charge is 2.54. The van der Waals surface area contributed by atoms with Crippen LogP contribution in [0.2, 0.25) is 0 Å². The van der Waals surface area contributed by atoms with Crippen LogP contribution in [0.5, 0.6) is 0 Å². The number of hydrogen-bond donors (Lipinski definition) is 0. The van der Waals surface area contributed by atoms with Crippen molar-refractivity contribution in [1.29, 1.82) is 0 Å². The van der Waals surface area contributed by atoms with Gasteiger partial charge < -0.3 is 0 Å². The minimum absolute atomic E-state index is 0.297. The third-order valence-electron chi connectivity index (χ3n) is 1.57. The van der Waals surface area contributed by atoms with Crippen LogP contribution in [0.3, 0.4) is 0 Å². The summed E-state index contributed by atoms with van der Waals surface area (Å²) in [5.41, 5.74) is 0. The van der Waals surface area contributed by atoms with Gasteiger partial charge in [0.05, 0.1) is 0 Å². The second-order valence-electron chi connectivity index (χ2n) is 3.22. The van der Waals surface area contributed by atoms with Gasteiger partial charge in [0.1, 0.15) is 5.92 Å². The van der Waals surface area contributed by atoms with E-state index in [-0.39, 0.29) is 0 Å². The summed E-state index contributed by atoms with van der Waals surface area (Å²) in [7, 11) is 0. The smallest absolute Gasteiger partial charge is 0.207 e. The van der Waals surface area contributed by atoms with Crippen molar-refractivity contribution >= 4 is 0 Å². The molecule has 0 fully saturated rings. The average molecular weight is 190 g/mol. The Hall–Kier alpha value is -0.350. The Kier molecular flexibility index (Phi) is 3.09. The number of alkyl halides is 5. The lowest BCUT2D eigenvalue weighted by atomic mass is 9.90. The van der Waals surface area contributed by atoms with Crippen LogP contribution in [0.1, 0.15) is 20.8 Å². The first-order chi connectivity index (χ1) is 5.07. The third kappa shape index (κ3) is 2.95. The van der Waals surface area contributed by atoms with Gasteiger partial charge in [-0.3, -0.25) is 0 Å². The van der Waals surface area contributed by atoms with E-state index in [1.807, 2.05) is 0 Å². The van der Waals surface area contributed by atoms with Crippen molar-refractivity contribution in [2.45, 2.75) is 32.9 Å². The third-order valence-corrected chi connectivity index (χ3v) is 1.57. The Labute approximate surface area is 67.8 Å². The molecule has 0 aromatic heterocycles. The van der Waals surface area contributed by atoms with Crippen molar-refractivity contribution in [3.63, 3.8) is 0 Å². The maximum Gasteiger partial charge on any atom is 0.397 e. The SMILES string of the molecule is CC(C)C(C(C)(F)F)C(F)(F)F. The Balaban J connectivity index is 4.70. The lowest BCUT2D eigenvalue weighted by Crippen LogP contribution is -2.40. The molecule has 0 radical (unpaired) electrons. The van der Waals surface area contributed by atoms with Gasteiger partial charge in [0.25, 0.3) is 5.92 Å². The van der Waals surface area contributed by atoms with Crippen molar-refractivity contribution in [2.24, 2.45) is 11.8 Å². The summed E-state index contributed by atoms with van der Waals surface area (Å²) >= 11 is 0. The molecule has 5 heteroatoms. The largest absolute Gasteiger partial charge is 0.397 e. The van der Waals surface area contributed by atoms with Crippen LogP contribution in [0.25, 0.3) is 0 Å². The second-order valence-corrected chi connectivity index (χ2v) is 3.22. The first kappa shape index (κ1) is 11.6. The normalized spacial score (nSPS) is 16.8. The van der Waals surface area contributed by atoms with E-state index >= 15 is 0 Å². The van der Waals surface area contributed by atoms with Crippen LogP contribution in [0.15, 0.2) is 0 Å².